The van der Waals surface area contributed by atoms with E-state index in [1.165, 1.54) is 37.5 Å². The largest absolute Gasteiger partial charge is 0.478 e. The van der Waals surface area contributed by atoms with Crippen LogP contribution in [0.25, 0.3) is 0 Å². The van der Waals surface area contributed by atoms with Crippen molar-refractivity contribution in [3.63, 3.8) is 0 Å². The van der Waals surface area contributed by atoms with Crippen molar-refractivity contribution in [1.29, 1.82) is 0 Å². The second-order valence-electron chi connectivity index (χ2n) is 6.52. The summed E-state index contributed by atoms with van der Waals surface area (Å²) in [6.07, 6.45) is 3.94. The summed E-state index contributed by atoms with van der Waals surface area (Å²) in [4.78, 5) is 12.3. The maximum Gasteiger partial charge on any atom is 0.335 e. The van der Waals surface area contributed by atoms with Crippen molar-refractivity contribution in [2.45, 2.75) is 36.0 Å². The maximum absolute atomic E-state index is 12.5. The lowest BCUT2D eigenvalue weighted by molar-refractivity contribution is 0.0696. The van der Waals surface area contributed by atoms with Gasteiger partial charge in [0.05, 0.1) is 10.5 Å². The Morgan fingerprint density at radius 3 is 2.46 bits per heavy atom. The number of rotatable bonds is 7. The first-order valence-electron chi connectivity index (χ1n) is 8.45. The Balaban J connectivity index is 1.70. The molecule has 5 nitrogen and oxygen atoms in total. The third kappa shape index (κ3) is 4.40. The Morgan fingerprint density at radius 1 is 1.19 bits per heavy atom. The molecule has 2 aromatic rings. The molecule has 1 saturated carbocycles. The molecule has 0 saturated heterocycles. The van der Waals surface area contributed by atoms with Gasteiger partial charge in [-0.2, -0.15) is 0 Å². The predicted octanol–water partition coefficient (Wildman–Crippen LogP) is 4.39. The number of carboxylic acids is 1. The van der Waals surface area contributed by atoms with E-state index in [1.807, 2.05) is 12.1 Å². The molecule has 1 aliphatic rings. The minimum absolute atomic E-state index is 0.0179. The lowest BCUT2D eigenvalue weighted by Gasteiger charge is -2.24. The average Bonchev–Trinajstić information content (AvgIpc) is 2.54. The third-order valence-electron chi connectivity index (χ3n) is 4.57. The van der Waals surface area contributed by atoms with Gasteiger partial charge in [-0.1, -0.05) is 12.5 Å². The summed E-state index contributed by atoms with van der Waals surface area (Å²) in [6, 6.07) is 11.4. The van der Waals surface area contributed by atoms with Crippen LogP contribution in [0.1, 0.15) is 35.2 Å². The highest BCUT2D eigenvalue weighted by Gasteiger charge is 2.19. The highest BCUT2D eigenvalue weighted by atomic mass is 32.2. The molecule has 1 aliphatic carbocycles. The predicted molar refractivity (Wildman–Crippen MR) is 103 cm³/mol. The molecule has 2 aromatic carbocycles. The standard InChI is InChI=1S/C19H21NO4S2/c1-13-5-10-17(11-18(13)19(21)22)26(23,24)20-15-6-8-16(9-7-15)25-12-14-3-2-4-14/h5-11,14,20H,2-4,12H2,1H3,(H,21,22). The smallest absolute Gasteiger partial charge is 0.335 e. The van der Waals surface area contributed by atoms with Gasteiger partial charge in [0.25, 0.3) is 10.0 Å². The summed E-state index contributed by atoms with van der Waals surface area (Å²) in [6.45, 7) is 1.63. The Labute approximate surface area is 157 Å². The van der Waals surface area contributed by atoms with Crippen molar-refractivity contribution in [2.24, 2.45) is 5.92 Å². The number of nitrogens with one attached hydrogen (secondary N) is 1. The van der Waals surface area contributed by atoms with E-state index in [4.69, 9.17) is 0 Å². The zero-order valence-electron chi connectivity index (χ0n) is 14.4. The molecule has 138 valence electrons. The normalized spacial score (nSPS) is 14.7. The zero-order valence-corrected chi connectivity index (χ0v) is 16.1. The van der Waals surface area contributed by atoms with Gasteiger partial charge in [0.15, 0.2) is 0 Å². The number of aryl methyl sites for hydroxylation is 1. The molecule has 0 radical (unpaired) electrons. The fraction of sp³-hybridized carbons (Fsp3) is 0.316. The highest BCUT2D eigenvalue weighted by Crippen LogP contribution is 2.33. The molecule has 0 amide bonds. The summed E-state index contributed by atoms with van der Waals surface area (Å²) in [5.74, 6) is 0.766. The Kier molecular flexibility index (Phi) is 5.58. The fourth-order valence-corrected chi connectivity index (χ4v) is 4.88. The monoisotopic (exact) mass is 391 g/mol. The van der Waals surface area contributed by atoms with Gasteiger partial charge in [0.2, 0.25) is 0 Å². The summed E-state index contributed by atoms with van der Waals surface area (Å²) in [7, 11) is -3.84. The SMILES string of the molecule is Cc1ccc(S(=O)(=O)Nc2ccc(SCC3CCC3)cc2)cc1C(=O)O. The Morgan fingerprint density at radius 2 is 1.88 bits per heavy atom. The molecule has 0 atom stereocenters. The van der Waals surface area contributed by atoms with Crippen LogP contribution in [0.3, 0.4) is 0 Å². The van der Waals surface area contributed by atoms with Crippen molar-refractivity contribution < 1.29 is 18.3 Å². The van der Waals surface area contributed by atoms with Gasteiger partial charge in [-0.3, -0.25) is 4.72 Å². The lowest BCUT2D eigenvalue weighted by atomic mass is 9.87. The molecule has 7 heteroatoms. The van der Waals surface area contributed by atoms with Crippen LogP contribution in [0.2, 0.25) is 0 Å². The van der Waals surface area contributed by atoms with Crippen LogP contribution in [0, 0.1) is 12.8 Å². The Hall–Kier alpha value is -1.99. The minimum Gasteiger partial charge on any atom is -0.478 e. The van der Waals surface area contributed by atoms with Crippen LogP contribution in [-0.4, -0.2) is 25.2 Å². The van der Waals surface area contributed by atoms with Gasteiger partial charge in [0, 0.05) is 16.3 Å². The number of hydrogen-bond donors (Lipinski definition) is 2. The van der Waals surface area contributed by atoms with Crippen LogP contribution >= 0.6 is 11.8 Å². The van der Waals surface area contributed by atoms with Crippen molar-refractivity contribution in [1.82, 2.24) is 0 Å². The zero-order chi connectivity index (χ0) is 18.7. The molecule has 3 rings (SSSR count). The van der Waals surface area contributed by atoms with Crippen molar-refractivity contribution in [3.8, 4) is 0 Å². The van der Waals surface area contributed by atoms with E-state index in [9.17, 15) is 18.3 Å². The highest BCUT2D eigenvalue weighted by molar-refractivity contribution is 7.99. The molecule has 2 N–H and O–H groups in total. The average molecular weight is 392 g/mol. The van der Waals surface area contributed by atoms with Crippen LogP contribution in [-0.2, 0) is 10.0 Å². The summed E-state index contributed by atoms with van der Waals surface area (Å²) < 4.78 is 27.6. The van der Waals surface area contributed by atoms with Gasteiger partial charge in [0.1, 0.15) is 0 Å². The van der Waals surface area contributed by atoms with Crippen molar-refractivity contribution >= 4 is 33.4 Å². The van der Waals surface area contributed by atoms with Crippen LogP contribution < -0.4 is 4.72 Å². The van der Waals surface area contributed by atoms with Gasteiger partial charge in [-0.25, -0.2) is 13.2 Å². The third-order valence-corrected chi connectivity index (χ3v) is 7.19. The number of hydrogen-bond acceptors (Lipinski definition) is 4. The van der Waals surface area contributed by atoms with E-state index >= 15 is 0 Å². The van der Waals surface area contributed by atoms with Crippen LogP contribution in [0.5, 0.6) is 0 Å². The number of benzene rings is 2. The summed E-state index contributed by atoms with van der Waals surface area (Å²) in [5, 5.41) is 9.17. The molecule has 0 bridgehead atoms. The topological polar surface area (TPSA) is 83.5 Å². The number of anilines is 1. The number of carboxylic acid groups (broad SMARTS) is 1. The van der Waals surface area contributed by atoms with E-state index in [2.05, 4.69) is 4.72 Å². The Bertz CT molecular complexity index is 904. The second-order valence-corrected chi connectivity index (χ2v) is 9.30. The first-order chi connectivity index (χ1) is 12.3. The molecule has 26 heavy (non-hydrogen) atoms. The summed E-state index contributed by atoms with van der Waals surface area (Å²) in [5.41, 5.74) is 0.954. The maximum atomic E-state index is 12.5. The molecule has 1 fully saturated rings. The van der Waals surface area contributed by atoms with Gasteiger partial charge >= 0.3 is 5.97 Å². The minimum atomic E-state index is -3.84. The van der Waals surface area contributed by atoms with Gasteiger partial charge in [-0.05, 0) is 67.6 Å². The number of thioether (sulfide) groups is 1. The van der Waals surface area contributed by atoms with E-state index in [-0.39, 0.29) is 10.5 Å². The number of carbonyl (C=O) groups is 1. The van der Waals surface area contributed by atoms with E-state index in [0.29, 0.717) is 11.3 Å². The summed E-state index contributed by atoms with van der Waals surface area (Å²) >= 11 is 1.79. The molecule has 0 spiro atoms. The fourth-order valence-electron chi connectivity index (χ4n) is 2.71. The lowest BCUT2D eigenvalue weighted by Crippen LogP contribution is -2.14. The van der Waals surface area contributed by atoms with Gasteiger partial charge < -0.3 is 5.11 Å². The molecule has 0 aromatic heterocycles. The molecular formula is C19H21NO4S2. The second kappa shape index (κ2) is 7.72. The molecule has 0 heterocycles. The first kappa shape index (κ1) is 18.8. The van der Waals surface area contributed by atoms with Gasteiger partial charge in [-0.15, -0.1) is 11.8 Å². The van der Waals surface area contributed by atoms with E-state index < -0.39 is 16.0 Å². The molecular weight excluding hydrogens is 370 g/mol. The van der Waals surface area contributed by atoms with E-state index in [0.717, 1.165) is 16.6 Å². The quantitative estimate of drug-likeness (QED) is 0.684. The molecule has 0 aliphatic heterocycles. The van der Waals surface area contributed by atoms with Crippen molar-refractivity contribution in [2.75, 3.05) is 10.5 Å². The van der Waals surface area contributed by atoms with Crippen LogP contribution in [0.4, 0.5) is 5.69 Å². The van der Waals surface area contributed by atoms with E-state index in [1.54, 1.807) is 30.8 Å². The first-order valence-corrected chi connectivity index (χ1v) is 10.9. The number of aromatic carboxylic acids is 1. The van der Waals surface area contributed by atoms with Crippen molar-refractivity contribution in [3.05, 3.63) is 53.6 Å². The number of sulfonamides is 1. The van der Waals surface area contributed by atoms with Crippen LogP contribution in [0.15, 0.2) is 52.3 Å². The molecule has 0 unspecified atom stereocenters.